The van der Waals surface area contributed by atoms with Crippen LogP contribution < -0.4 is 10.2 Å². The van der Waals surface area contributed by atoms with E-state index >= 15 is 0 Å². The average molecular weight is 260 g/mol. The maximum atomic E-state index is 4.64. The topological polar surface area (TPSA) is 31.4 Å². The van der Waals surface area contributed by atoms with Crippen molar-refractivity contribution in [3.05, 3.63) is 23.9 Å². The van der Waals surface area contributed by atoms with Gasteiger partial charge in [-0.2, -0.15) is 0 Å². The molecule has 1 unspecified atom stereocenters. The van der Waals surface area contributed by atoms with Crippen molar-refractivity contribution in [2.75, 3.05) is 37.6 Å². The van der Waals surface area contributed by atoms with Crippen LogP contribution in [0.3, 0.4) is 0 Å². The van der Waals surface area contributed by atoms with Crippen LogP contribution in [0.25, 0.3) is 0 Å². The smallest absolute Gasteiger partial charge is 0.128 e. The van der Waals surface area contributed by atoms with Gasteiger partial charge in [0.1, 0.15) is 5.82 Å². The van der Waals surface area contributed by atoms with E-state index in [1.807, 2.05) is 6.20 Å². The lowest BCUT2D eigenvalue weighted by atomic mass is 10.1. The summed E-state index contributed by atoms with van der Waals surface area (Å²) >= 11 is 0. The van der Waals surface area contributed by atoms with Crippen molar-refractivity contribution in [3.63, 3.8) is 0 Å². The van der Waals surface area contributed by atoms with E-state index < -0.39 is 0 Å². The molecule has 1 aromatic rings. The Bertz CT molecular complexity index is 403. The molecule has 104 valence electrons. The zero-order valence-electron chi connectivity index (χ0n) is 11.8. The minimum Gasteiger partial charge on any atom is -0.354 e. The summed E-state index contributed by atoms with van der Waals surface area (Å²) in [7, 11) is 0. The van der Waals surface area contributed by atoms with Crippen molar-refractivity contribution < 1.29 is 0 Å². The summed E-state index contributed by atoms with van der Waals surface area (Å²) in [4.78, 5) is 9.72. The van der Waals surface area contributed by atoms with Crippen molar-refractivity contribution in [2.24, 2.45) is 0 Å². The Kier molecular flexibility index (Phi) is 3.99. The second-order valence-electron chi connectivity index (χ2n) is 5.58. The molecule has 0 spiro atoms. The van der Waals surface area contributed by atoms with Crippen molar-refractivity contribution in [1.82, 2.24) is 15.2 Å². The molecule has 3 heterocycles. The Morgan fingerprint density at radius 2 is 2.26 bits per heavy atom. The highest BCUT2D eigenvalue weighted by Crippen LogP contribution is 2.24. The molecule has 0 radical (unpaired) electrons. The molecule has 2 aliphatic heterocycles. The van der Waals surface area contributed by atoms with Crippen molar-refractivity contribution in [1.29, 1.82) is 0 Å². The first-order valence-corrected chi connectivity index (χ1v) is 7.51. The van der Waals surface area contributed by atoms with Crippen LogP contribution in [-0.2, 0) is 6.54 Å². The lowest BCUT2D eigenvalue weighted by Crippen LogP contribution is -2.50. The SMILES string of the molecule is CCNCc1ccc(N2CCN3CCCC3C2)nc1. The second kappa shape index (κ2) is 5.88. The fourth-order valence-corrected chi connectivity index (χ4v) is 3.18. The standard InChI is InChI=1S/C15H24N4/c1-2-16-10-13-5-6-15(17-11-13)19-9-8-18-7-3-4-14(18)12-19/h5-6,11,14,16H,2-4,7-10,12H2,1H3. The number of anilines is 1. The summed E-state index contributed by atoms with van der Waals surface area (Å²) in [5.41, 5.74) is 1.27. The molecule has 2 fully saturated rings. The van der Waals surface area contributed by atoms with Crippen LogP contribution >= 0.6 is 0 Å². The van der Waals surface area contributed by atoms with E-state index in [0.717, 1.165) is 38.0 Å². The summed E-state index contributed by atoms with van der Waals surface area (Å²) in [6.07, 6.45) is 4.74. The van der Waals surface area contributed by atoms with Gasteiger partial charge in [-0.25, -0.2) is 4.98 Å². The molecule has 0 amide bonds. The lowest BCUT2D eigenvalue weighted by Gasteiger charge is -2.38. The van der Waals surface area contributed by atoms with Gasteiger partial charge in [0.25, 0.3) is 0 Å². The molecular weight excluding hydrogens is 236 g/mol. The number of piperazine rings is 1. The van der Waals surface area contributed by atoms with Crippen molar-refractivity contribution >= 4 is 5.82 Å². The molecule has 0 bridgehead atoms. The summed E-state index contributed by atoms with van der Waals surface area (Å²) in [5, 5.41) is 3.33. The van der Waals surface area contributed by atoms with E-state index in [2.05, 4.69) is 39.2 Å². The fourth-order valence-electron chi connectivity index (χ4n) is 3.18. The molecular formula is C15H24N4. The number of hydrogen-bond acceptors (Lipinski definition) is 4. The number of rotatable bonds is 4. The summed E-state index contributed by atoms with van der Waals surface area (Å²) in [6, 6.07) is 5.14. The van der Waals surface area contributed by atoms with Gasteiger partial charge < -0.3 is 10.2 Å². The molecule has 0 saturated carbocycles. The minimum absolute atomic E-state index is 0.761. The zero-order valence-corrected chi connectivity index (χ0v) is 11.8. The van der Waals surface area contributed by atoms with E-state index in [9.17, 15) is 0 Å². The number of nitrogens with one attached hydrogen (secondary N) is 1. The van der Waals surface area contributed by atoms with E-state index in [-0.39, 0.29) is 0 Å². The summed E-state index contributed by atoms with van der Waals surface area (Å²) in [5.74, 6) is 1.15. The third kappa shape index (κ3) is 2.90. The van der Waals surface area contributed by atoms with Crippen LogP contribution in [0.1, 0.15) is 25.3 Å². The maximum absolute atomic E-state index is 4.64. The van der Waals surface area contributed by atoms with Gasteiger partial charge in [-0.05, 0) is 37.6 Å². The molecule has 2 saturated heterocycles. The molecule has 1 aromatic heterocycles. The van der Waals surface area contributed by atoms with Crippen molar-refractivity contribution in [2.45, 2.75) is 32.4 Å². The largest absolute Gasteiger partial charge is 0.354 e. The van der Waals surface area contributed by atoms with Gasteiger partial charge in [-0.1, -0.05) is 13.0 Å². The highest BCUT2D eigenvalue weighted by Gasteiger charge is 2.30. The van der Waals surface area contributed by atoms with Gasteiger partial charge in [-0.15, -0.1) is 0 Å². The molecule has 3 rings (SSSR count). The number of nitrogens with zero attached hydrogens (tertiary/aromatic N) is 3. The Balaban J connectivity index is 1.62. The lowest BCUT2D eigenvalue weighted by molar-refractivity contribution is 0.230. The number of pyridine rings is 1. The highest BCUT2D eigenvalue weighted by atomic mass is 15.3. The van der Waals surface area contributed by atoms with Crippen LogP contribution in [0.4, 0.5) is 5.82 Å². The first-order valence-electron chi connectivity index (χ1n) is 7.51. The van der Waals surface area contributed by atoms with Gasteiger partial charge in [0.15, 0.2) is 0 Å². The maximum Gasteiger partial charge on any atom is 0.128 e. The minimum atomic E-state index is 0.761. The Labute approximate surface area is 115 Å². The van der Waals surface area contributed by atoms with Crippen LogP contribution in [-0.4, -0.2) is 48.6 Å². The fraction of sp³-hybridized carbons (Fsp3) is 0.667. The Morgan fingerprint density at radius 1 is 1.32 bits per heavy atom. The zero-order chi connectivity index (χ0) is 13.1. The Hall–Kier alpha value is -1.13. The van der Waals surface area contributed by atoms with Gasteiger partial charge in [-0.3, -0.25) is 4.90 Å². The summed E-state index contributed by atoms with van der Waals surface area (Å²) in [6.45, 7) is 8.82. The molecule has 2 aliphatic rings. The average Bonchev–Trinajstić information content (AvgIpc) is 2.93. The van der Waals surface area contributed by atoms with E-state index in [1.165, 1.54) is 31.5 Å². The predicted molar refractivity (Wildman–Crippen MR) is 78.4 cm³/mol. The third-order valence-electron chi connectivity index (χ3n) is 4.30. The van der Waals surface area contributed by atoms with Gasteiger partial charge >= 0.3 is 0 Å². The van der Waals surface area contributed by atoms with Crippen LogP contribution in [0.5, 0.6) is 0 Å². The van der Waals surface area contributed by atoms with Crippen LogP contribution in [0.2, 0.25) is 0 Å². The second-order valence-corrected chi connectivity index (χ2v) is 5.58. The predicted octanol–water partition coefficient (Wildman–Crippen LogP) is 1.48. The van der Waals surface area contributed by atoms with Crippen molar-refractivity contribution in [3.8, 4) is 0 Å². The number of fused-ring (bicyclic) bond motifs is 1. The highest BCUT2D eigenvalue weighted by molar-refractivity contribution is 5.40. The molecule has 1 N–H and O–H groups in total. The molecule has 1 atom stereocenters. The molecule has 4 heteroatoms. The molecule has 4 nitrogen and oxygen atoms in total. The first-order chi connectivity index (χ1) is 9.36. The number of hydrogen-bond donors (Lipinski definition) is 1. The van der Waals surface area contributed by atoms with Gasteiger partial charge in [0.05, 0.1) is 0 Å². The van der Waals surface area contributed by atoms with Gasteiger partial charge in [0, 0.05) is 38.4 Å². The monoisotopic (exact) mass is 260 g/mol. The van der Waals surface area contributed by atoms with Gasteiger partial charge in [0.2, 0.25) is 0 Å². The van der Waals surface area contributed by atoms with Crippen LogP contribution in [0, 0.1) is 0 Å². The quantitative estimate of drug-likeness (QED) is 0.888. The Morgan fingerprint density at radius 3 is 3.05 bits per heavy atom. The normalized spacial score (nSPS) is 23.6. The number of aromatic nitrogens is 1. The van der Waals surface area contributed by atoms with E-state index in [0.29, 0.717) is 0 Å². The van der Waals surface area contributed by atoms with Crippen LogP contribution in [0.15, 0.2) is 18.3 Å². The molecule has 0 aliphatic carbocycles. The van der Waals surface area contributed by atoms with E-state index in [1.54, 1.807) is 0 Å². The molecule has 19 heavy (non-hydrogen) atoms. The third-order valence-corrected chi connectivity index (χ3v) is 4.30. The molecule has 0 aromatic carbocycles. The van der Waals surface area contributed by atoms with E-state index in [4.69, 9.17) is 0 Å². The summed E-state index contributed by atoms with van der Waals surface area (Å²) < 4.78 is 0. The first kappa shape index (κ1) is 12.9.